The molecule has 32 heavy (non-hydrogen) atoms. The molecule has 0 aliphatic carbocycles. The summed E-state index contributed by atoms with van der Waals surface area (Å²) in [5.41, 5.74) is 1.93. The number of thiophene rings is 1. The van der Waals surface area contributed by atoms with E-state index in [9.17, 15) is 14.4 Å². The second-order valence-electron chi connectivity index (χ2n) is 7.03. The summed E-state index contributed by atoms with van der Waals surface area (Å²) in [7, 11) is 0. The molecule has 3 heterocycles. The standard InChI is InChI=1S/C22H25ClN4O4S/c1-5-26(6-2)21(29)19-13(4)18(22(30)31-7-3)20(32-19)25-17(28)10-15-12-27-11-14(23)8-9-16(27)24-15/h8-9,11-12H,5-7,10H2,1-4H3,(H,25,28). The highest BCUT2D eigenvalue weighted by atomic mass is 35.5. The fourth-order valence-electron chi connectivity index (χ4n) is 3.35. The van der Waals surface area contributed by atoms with E-state index >= 15 is 0 Å². The lowest BCUT2D eigenvalue weighted by Gasteiger charge is -2.18. The van der Waals surface area contributed by atoms with E-state index in [-0.39, 0.29) is 30.4 Å². The summed E-state index contributed by atoms with van der Waals surface area (Å²) in [4.78, 5) is 44.8. The van der Waals surface area contributed by atoms with Gasteiger partial charge in [0.1, 0.15) is 10.6 Å². The third kappa shape index (κ3) is 4.94. The molecule has 0 unspecified atom stereocenters. The van der Waals surface area contributed by atoms with Gasteiger partial charge < -0.3 is 19.4 Å². The molecule has 2 amide bonds. The maximum Gasteiger partial charge on any atom is 0.341 e. The van der Waals surface area contributed by atoms with Crippen molar-refractivity contribution in [2.75, 3.05) is 25.0 Å². The molecule has 8 nitrogen and oxygen atoms in total. The van der Waals surface area contributed by atoms with Crippen LogP contribution in [0.1, 0.15) is 52.1 Å². The highest BCUT2D eigenvalue weighted by molar-refractivity contribution is 7.18. The van der Waals surface area contributed by atoms with Crippen LogP contribution in [0.4, 0.5) is 5.00 Å². The summed E-state index contributed by atoms with van der Waals surface area (Å²) in [5.74, 6) is -1.11. The molecule has 0 spiro atoms. The van der Waals surface area contributed by atoms with Crippen molar-refractivity contribution in [3.05, 3.63) is 51.2 Å². The summed E-state index contributed by atoms with van der Waals surface area (Å²) < 4.78 is 6.91. The van der Waals surface area contributed by atoms with Crippen molar-refractivity contribution in [2.45, 2.75) is 34.1 Å². The Morgan fingerprint density at radius 2 is 1.91 bits per heavy atom. The molecule has 0 radical (unpaired) electrons. The number of anilines is 1. The lowest BCUT2D eigenvalue weighted by molar-refractivity contribution is -0.115. The minimum atomic E-state index is -0.572. The highest BCUT2D eigenvalue weighted by Crippen LogP contribution is 2.34. The van der Waals surface area contributed by atoms with Crippen LogP contribution in [0.5, 0.6) is 0 Å². The average Bonchev–Trinajstić information content (AvgIpc) is 3.28. The summed E-state index contributed by atoms with van der Waals surface area (Å²) in [6.45, 7) is 8.45. The zero-order valence-corrected chi connectivity index (χ0v) is 20.0. The minimum absolute atomic E-state index is 0.00215. The molecule has 10 heteroatoms. The number of nitrogens with one attached hydrogen (secondary N) is 1. The van der Waals surface area contributed by atoms with Crippen LogP contribution in [0.3, 0.4) is 0 Å². The quantitative estimate of drug-likeness (QED) is 0.492. The van der Waals surface area contributed by atoms with Crippen LogP contribution >= 0.6 is 22.9 Å². The summed E-state index contributed by atoms with van der Waals surface area (Å²) >= 11 is 7.08. The van der Waals surface area contributed by atoms with E-state index in [0.29, 0.717) is 44.9 Å². The van der Waals surface area contributed by atoms with E-state index in [1.54, 1.807) is 47.7 Å². The number of esters is 1. The van der Waals surface area contributed by atoms with Crippen molar-refractivity contribution in [1.29, 1.82) is 0 Å². The van der Waals surface area contributed by atoms with Crippen molar-refractivity contribution in [2.24, 2.45) is 0 Å². The van der Waals surface area contributed by atoms with Crippen LogP contribution in [0.2, 0.25) is 5.02 Å². The molecule has 3 aromatic heterocycles. The van der Waals surface area contributed by atoms with E-state index in [1.807, 2.05) is 13.8 Å². The van der Waals surface area contributed by atoms with E-state index < -0.39 is 5.97 Å². The first-order chi connectivity index (χ1) is 15.3. The number of pyridine rings is 1. The maximum atomic E-state index is 12.9. The van der Waals surface area contributed by atoms with Crippen LogP contribution < -0.4 is 5.32 Å². The number of aromatic nitrogens is 2. The summed E-state index contributed by atoms with van der Waals surface area (Å²) in [6.07, 6.45) is 3.43. The fourth-order valence-corrected chi connectivity index (χ4v) is 4.69. The molecule has 0 aliphatic rings. The van der Waals surface area contributed by atoms with Gasteiger partial charge in [0.25, 0.3) is 5.91 Å². The zero-order chi connectivity index (χ0) is 23.4. The average molecular weight is 477 g/mol. The number of halogens is 1. The van der Waals surface area contributed by atoms with Gasteiger partial charge in [-0.1, -0.05) is 11.6 Å². The molecule has 0 aromatic carbocycles. The van der Waals surface area contributed by atoms with Crippen LogP contribution in [-0.2, 0) is 16.0 Å². The number of nitrogens with zero attached hydrogens (tertiary/aromatic N) is 3. The lowest BCUT2D eigenvalue weighted by atomic mass is 10.1. The highest BCUT2D eigenvalue weighted by Gasteiger charge is 2.28. The normalized spacial score (nSPS) is 10.9. The summed E-state index contributed by atoms with van der Waals surface area (Å²) in [5, 5.41) is 3.64. The van der Waals surface area contributed by atoms with Crippen LogP contribution in [0, 0.1) is 6.92 Å². The predicted molar refractivity (Wildman–Crippen MR) is 125 cm³/mol. The second-order valence-corrected chi connectivity index (χ2v) is 8.49. The largest absolute Gasteiger partial charge is 0.462 e. The Balaban J connectivity index is 1.88. The van der Waals surface area contributed by atoms with Crippen molar-refractivity contribution in [1.82, 2.24) is 14.3 Å². The molecule has 1 N–H and O–H groups in total. The Kier molecular flexibility index (Phi) is 7.52. The first kappa shape index (κ1) is 23.7. The Hall–Kier alpha value is -2.91. The predicted octanol–water partition coefficient (Wildman–Crippen LogP) is 4.20. The Morgan fingerprint density at radius 3 is 2.56 bits per heavy atom. The molecule has 0 bridgehead atoms. The summed E-state index contributed by atoms with van der Waals surface area (Å²) in [6, 6.07) is 3.48. The van der Waals surface area contributed by atoms with Gasteiger partial charge in [-0.15, -0.1) is 11.3 Å². The van der Waals surface area contributed by atoms with Crippen LogP contribution in [0.25, 0.3) is 5.65 Å². The van der Waals surface area contributed by atoms with Gasteiger partial charge in [0.15, 0.2) is 0 Å². The van der Waals surface area contributed by atoms with Gasteiger partial charge in [-0.25, -0.2) is 9.78 Å². The molecule has 0 fully saturated rings. The fraction of sp³-hybridized carbons (Fsp3) is 0.364. The van der Waals surface area contributed by atoms with Gasteiger partial charge in [0, 0.05) is 25.5 Å². The van der Waals surface area contributed by atoms with Crippen LogP contribution in [-0.4, -0.2) is 51.8 Å². The number of hydrogen-bond acceptors (Lipinski definition) is 6. The van der Waals surface area contributed by atoms with Crippen molar-refractivity contribution >= 4 is 51.4 Å². The Labute approximate surface area is 195 Å². The monoisotopic (exact) mass is 476 g/mol. The number of hydrogen-bond donors (Lipinski definition) is 1. The topological polar surface area (TPSA) is 93.0 Å². The van der Waals surface area contributed by atoms with Gasteiger partial charge in [0.2, 0.25) is 5.91 Å². The number of carbonyl (C=O) groups is 3. The molecule has 0 atom stereocenters. The Morgan fingerprint density at radius 1 is 1.19 bits per heavy atom. The minimum Gasteiger partial charge on any atom is -0.462 e. The van der Waals surface area contributed by atoms with Crippen molar-refractivity contribution in [3.8, 4) is 0 Å². The Bertz CT molecular complexity index is 1170. The zero-order valence-electron chi connectivity index (χ0n) is 18.4. The molecular formula is C22H25ClN4O4S. The smallest absolute Gasteiger partial charge is 0.341 e. The van der Waals surface area contributed by atoms with E-state index in [0.717, 1.165) is 11.3 Å². The van der Waals surface area contributed by atoms with Crippen LogP contribution in [0.15, 0.2) is 24.5 Å². The lowest BCUT2D eigenvalue weighted by Crippen LogP contribution is -2.30. The number of rotatable bonds is 8. The van der Waals surface area contributed by atoms with Gasteiger partial charge in [-0.3, -0.25) is 9.59 Å². The van der Waals surface area contributed by atoms with Gasteiger partial charge in [-0.05, 0) is 45.4 Å². The molecule has 0 saturated heterocycles. The number of amides is 2. The number of carbonyl (C=O) groups excluding carboxylic acids is 3. The first-order valence-corrected chi connectivity index (χ1v) is 11.5. The molecule has 3 aromatic rings. The van der Waals surface area contributed by atoms with Gasteiger partial charge >= 0.3 is 5.97 Å². The van der Waals surface area contributed by atoms with E-state index in [2.05, 4.69) is 10.3 Å². The first-order valence-electron chi connectivity index (χ1n) is 10.3. The molecular weight excluding hydrogens is 452 g/mol. The SMILES string of the molecule is CCOC(=O)c1c(NC(=O)Cc2cn3cc(Cl)ccc3n2)sc(C(=O)N(CC)CC)c1C. The van der Waals surface area contributed by atoms with E-state index in [4.69, 9.17) is 16.3 Å². The number of fused-ring (bicyclic) bond motifs is 1. The van der Waals surface area contributed by atoms with E-state index in [1.165, 1.54) is 0 Å². The second kappa shape index (κ2) is 10.1. The third-order valence-electron chi connectivity index (χ3n) is 4.93. The van der Waals surface area contributed by atoms with Gasteiger partial charge in [-0.2, -0.15) is 0 Å². The molecule has 170 valence electrons. The maximum absolute atomic E-state index is 12.9. The third-order valence-corrected chi connectivity index (χ3v) is 6.35. The van der Waals surface area contributed by atoms with Crippen molar-refractivity contribution < 1.29 is 19.1 Å². The number of ether oxygens (including phenoxy) is 1. The molecule has 3 rings (SSSR count). The van der Waals surface area contributed by atoms with Gasteiger partial charge in [0.05, 0.1) is 34.2 Å². The number of imidazole rings is 1. The molecule has 0 aliphatic heterocycles. The molecule has 0 saturated carbocycles. The van der Waals surface area contributed by atoms with Crippen molar-refractivity contribution in [3.63, 3.8) is 0 Å².